The van der Waals surface area contributed by atoms with Gasteiger partial charge in [0.2, 0.25) is 10.0 Å². The fourth-order valence-corrected chi connectivity index (χ4v) is 3.63. The Kier molecular flexibility index (Phi) is 4.78. The van der Waals surface area contributed by atoms with Gasteiger partial charge in [-0.1, -0.05) is 0 Å². The van der Waals surface area contributed by atoms with Crippen LogP contribution in [0.2, 0.25) is 0 Å². The molecule has 1 heterocycles. The van der Waals surface area contributed by atoms with Gasteiger partial charge in [0.25, 0.3) is 0 Å². The first kappa shape index (κ1) is 16.8. The molecule has 2 rings (SSSR count). The number of carbonyl (C=O) groups is 1. The molecule has 1 saturated heterocycles. The standard InChI is InChI=1S/C13H15F2NO5S/c1-8-11(13(17)18)4-10(5-12(8)15)22(19,20)16-6-9(7-16)21-3-2-14/h4-5,9H,2-3,6-7H2,1H3,(H,17,18). The minimum Gasteiger partial charge on any atom is -0.478 e. The van der Waals surface area contributed by atoms with Gasteiger partial charge in [-0.05, 0) is 24.6 Å². The molecule has 6 nitrogen and oxygen atoms in total. The lowest BCUT2D eigenvalue weighted by Gasteiger charge is -2.37. The molecule has 122 valence electrons. The van der Waals surface area contributed by atoms with Gasteiger partial charge in [-0.25, -0.2) is 22.0 Å². The number of ether oxygens (including phenoxy) is 1. The molecule has 0 amide bonds. The van der Waals surface area contributed by atoms with Crippen LogP contribution in [0.3, 0.4) is 0 Å². The number of rotatable bonds is 6. The van der Waals surface area contributed by atoms with Gasteiger partial charge in [-0.15, -0.1) is 0 Å². The third-order valence-corrected chi connectivity index (χ3v) is 5.24. The van der Waals surface area contributed by atoms with Crippen molar-refractivity contribution >= 4 is 16.0 Å². The molecule has 0 bridgehead atoms. The summed E-state index contributed by atoms with van der Waals surface area (Å²) < 4.78 is 56.4. The molecule has 0 aromatic heterocycles. The van der Waals surface area contributed by atoms with E-state index in [0.29, 0.717) is 0 Å². The van der Waals surface area contributed by atoms with E-state index in [-0.39, 0.29) is 25.3 Å². The lowest BCUT2D eigenvalue weighted by atomic mass is 10.1. The fourth-order valence-electron chi connectivity index (χ4n) is 2.09. The summed E-state index contributed by atoms with van der Waals surface area (Å²) in [6.45, 7) is 0.551. The molecule has 0 spiro atoms. The maximum absolute atomic E-state index is 13.7. The van der Waals surface area contributed by atoms with Crippen LogP contribution in [0.4, 0.5) is 8.78 Å². The van der Waals surface area contributed by atoms with Crippen LogP contribution in [0.15, 0.2) is 17.0 Å². The zero-order valence-corrected chi connectivity index (χ0v) is 12.6. The topological polar surface area (TPSA) is 83.9 Å². The molecule has 9 heteroatoms. The Balaban J connectivity index is 2.23. The SMILES string of the molecule is Cc1c(F)cc(S(=O)(=O)N2CC(OCCF)C2)cc1C(=O)O. The summed E-state index contributed by atoms with van der Waals surface area (Å²) in [6, 6.07) is 1.73. The molecule has 0 atom stereocenters. The van der Waals surface area contributed by atoms with Crippen molar-refractivity contribution in [3.05, 3.63) is 29.1 Å². The highest BCUT2D eigenvalue weighted by molar-refractivity contribution is 7.89. The molecule has 1 fully saturated rings. The van der Waals surface area contributed by atoms with Crippen LogP contribution in [0.5, 0.6) is 0 Å². The molecular formula is C13H15F2NO5S. The maximum atomic E-state index is 13.7. The number of benzene rings is 1. The highest BCUT2D eigenvalue weighted by Crippen LogP contribution is 2.26. The van der Waals surface area contributed by atoms with Crippen molar-refractivity contribution in [3.8, 4) is 0 Å². The molecule has 0 aliphatic carbocycles. The van der Waals surface area contributed by atoms with Gasteiger partial charge in [0, 0.05) is 13.1 Å². The van der Waals surface area contributed by atoms with Crippen LogP contribution in [0, 0.1) is 12.7 Å². The quantitative estimate of drug-likeness (QED) is 0.844. The molecular weight excluding hydrogens is 320 g/mol. The predicted molar refractivity (Wildman–Crippen MR) is 72.6 cm³/mol. The second kappa shape index (κ2) is 6.27. The number of sulfonamides is 1. The predicted octanol–water partition coefficient (Wildman–Crippen LogP) is 1.19. The number of carboxylic acid groups (broad SMARTS) is 1. The zero-order chi connectivity index (χ0) is 16.5. The number of alkyl halides is 1. The number of hydrogen-bond acceptors (Lipinski definition) is 4. The number of nitrogens with zero attached hydrogens (tertiary/aromatic N) is 1. The lowest BCUT2D eigenvalue weighted by Crippen LogP contribution is -2.54. The van der Waals surface area contributed by atoms with E-state index in [1.54, 1.807) is 0 Å². The van der Waals surface area contributed by atoms with E-state index in [1.165, 1.54) is 6.92 Å². The lowest BCUT2D eigenvalue weighted by molar-refractivity contribution is -0.0243. The fraction of sp³-hybridized carbons (Fsp3) is 0.462. The summed E-state index contributed by atoms with van der Waals surface area (Å²) in [5, 5.41) is 9.00. The number of halogens is 2. The molecule has 1 N–H and O–H groups in total. The monoisotopic (exact) mass is 335 g/mol. The minimum absolute atomic E-state index is 0.0280. The Labute approximate surface area is 126 Å². The summed E-state index contributed by atoms with van der Waals surface area (Å²) in [5.74, 6) is -2.30. The minimum atomic E-state index is -4.00. The van der Waals surface area contributed by atoms with E-state index < -0.39 is 45.0 Å². The van der Waals surface area contributed by atoms with Gasteiger partial charge in [0.05, 0.1) is 23.2 Å². The van der Waals surface area contributed by atoms with Crippen molar-refractivity contribution in [2.24, 2.45) is 0 Å². The van der Waals surface area contributed by atoms with E-state index in [2.05, 4.69) is 0 Å². The Morgan fingerprint density at radius 2 is 2.09 bits per heavy atom. The van der Waals surface area contributed by atoms with Crippen LogP contribution in [-0.2, 0) is 14.8 Å². The molecule has 0 radical (unpaired) electrons. The van der Waals surface area contributed by atoms with E-state index in [0.717, 1.165) is 16.4 Å². The van der Waals surface area contributed by atoms with Crippen molar-refractivity contribution in [3.63, 3.8) is 0 Å². The van der Waals surface area contributed by atoms with Crippen molar-refractivity contribution in [1.29, 1.82) is 0 Å². The number of carboxylic acids is 1. The summed E-state index contributed by atoms with van der Waals surface area (Å²) in [5.41, 5.74) is -0.524. The van der Waals surface area contributed by atoms with E-state index in [1.807, 2.05) is 0 Å². The number of hydrogen-bond donors (Lipinski definition) is 1. The van der Waals surface area contributed by atoms with Crippen LogP contribution in [0.25, 0.3) is 0 Å². The summed E-state index contributed by atoms with van der Waals surface area (Å²) in [6.07, 6.45) is -0.403. The molecule has 1 aliphatic rings. The molecule has 0 unspecified atom stereocenters. The Hall–Kier alpha value is -1.58. The van der Waals surface area contributed by atoms with Crippen LogP contribution in [0.1, 0.15) is 15.9 Å². The first-order valence-electron chi connectivity index (χ1n) is 6.48. The second-order valence-electron chi connectivity index (χ2n) is 4.89. The largest absolute Gasteiger partial charge is 0.478 e. The summed E-state index contributed by atoms with van der Waals surface area (Å²) in [4.78, 5) is 10.6. The van der Waals surface area contributed by atoms with E-state index in [4.69, 9.17) is 9.84 Å². The maximum Gasteiger partial charge on any atom is 0.336 e. The molecule has 0 saturated carbocycles. The first-order valence-corrected chi connectivity index (χ1v) is 7.92. The first-order chi connectivity index (χ1) is 10.3. The Bertz CT molecular complexity index is 686. The van der Waals surface area contributed by atoms with E-state index in [9.17, 15) is 22.0 Å². The van der Waals surface area contributed by atoms with Crippen molar-refractivity contribution in [2.75, 3.05) is 26.4 Å². The van der Waals surface area contributed by atoms with Crippen molar-refractivity contribution < 1.29 is 31.8 Å². The van der Waals surface area contributed by atoms with Gasteiger partial charge in [-0.3, -0.25) is 0 Å². The average molecular weight is 335 g/mol. The van der Waals surface area contributed by atoms with Crippen LogP contribution < -0.4 is 0 Å². The molecule has 1 aromatic rings. The van der Waals surface area contributed by atoms with E-state index >= 15 is 0 Å². The normalized spacial score (nSPS) is 16.5. The van der Waals surface area contributed by atoms with Gasteiger partial charge in [0.15, 0.2) is 0 Å². The Morgan fingerprint density at radius 3 is 2.64 bits per heavy atom. The summed E-state index contributed by atoms with van der Waals surface area (Å²) in [7, 11) is -4.00. The average Bonchev–Trinajstić information content (AvgIpc) is 2.39. The Morgan fingerprint density at radius 1 is 1.45 bits per heavy atom. The molecule has 1 aromatic carbocycles. The third-order valence-electron chi connectivity index (χ3n) is 3.43. The molecule has 1 aliphatic heterocycles. The highest BCUT2D eigenvalue weighted by atomic mass is 32.2. The van der Waals surface area contributed by atoms with Gasteiger partial charge < -0.3 is 9.84 Å². The summed E-state index contributed by atoms with van der Waals surface area (Å²) >= 11 is 0. The second-order valence-corrected chi connectivity index (χ2v) is 6.82. The van der Waals surface area contributed by atoms with Gasteiger partial charge >= 0.3 is 5.97 Å². The zero-order valence-electron chi connectivity index (χ0n) is 11.8. The highest BCUT2D eigenvalue weighted by Gasteiger charge is 2.38. The van der Waals surface area contributed by atoms with Crippen LogP contribution in [-0.4, -0.2) is 56.3 Å². The van der Waals surface area contributed by atoms with Crippen molar-refractivity contribution in [1.82, 2.24) is 4.31 Å². The van der Waals surface area contributed by atoms with Gasteiger partial charge in [-0.2, -0.15) is 4.31 Å². The van der Waals surface area contributed by atoms with Gasteiger partial charge in [0.1, 0.15) is 12.5 Å². The molecule has 22 heavy (non-hydrogen) atoms. The van der Waals surface area contributed by atoms with Crippen LogP contribution >= 0.6 is 0 Å². The number of aromatic carboxylic acids is 1. The third kappa shape index (κ3) is 3.11. The van der Waals surface area contributed by atoms with Crippen molar-refractivity contribution in [2.45, 2.75) is 17.9 Å². The smallest absolute Gasteiger partial charge is 0.336 e.